The van der Waals surface area contributed by atoms with Crippen LogP contribution in [0.1, 0.15) is 18.4 Å². The van der Waals surface area contributed by atoms with Crippen LogP contribution in [-0.4, -0.2) is 20.8 Å². The molecule has 4 heteroatoms. The first-order valence-corrected chi connectivity index (χ1v) is 7.60. The zero-order valence-corrected chi connectivity index (χ0v) is 13.6. The topological polar surface area (TPSA) is 53.7 Å². The molecule has 0 heterocycles. The van der Waals surface area contributed by atoms with Crippen LogP contribution in [0.3, 0.4) is 0 Å². The third-order valence-electron chi connectivity index (χ3n) is 3.39. The Labute approximate surface area is 137 Å². The monoisotopic (exact) mass is 313 g/mol. The zero-order chi connectivity index (χ0) is 16.5. The molecule has 23 heavy (non-hydrogen) atoms. The van der Waals surface area contributed by atoms with Crippen LogP contribution in [0.15, 0.2) is 48.5 Å². The first kappa shape index (κ1) is 16.7. The van der Waals surface area contributed by atoms with Crippen LogP contribution >= 0.6 is 0 Å². The molecule has 0 amide bonds. The molecule has 0 aliphatic carbocycles. The van der Waals surface area contributed by atoms with E-state index in [0.29, 0.717) is 18.0 Å². The van der Waals surface area contributed by atoms with Crippen molar-refractivity contribution in [1.82, 2.24) is 0 Å². The highest BCUT2D eigenvalue weighted by atomic mass is 16.5. The van der Waals surface area contributed by atoms with Gasteiger partial charge in [-0.05, 0) is 42.7 Å². The zero-order valence-electron chi connectivity index (χ0n) is 13.6. The van der Waals surface area contributed by atoms with Crippen LogP contribution < -0.4 is 19.9 Å². The number of nitrogen functional groups attached to an aromatic ring is 1. The van der Waals surface area contributed by atoms with E-state index < -0.39 is 0 Å². The van der Waals surface area contributed by atoms with Crippen LogP contribution in [0.4, 0.5) is 5.69 Å². The lowest BCUT2D eigenvalue weighted by Gasteiger charge is -2.10. The molecule has 2 aromatic carbocycles. The Bertz CT molecular complexity index is 636. The van der Waals surface area contributed by atoms with Gasteiger partial charge in [0.1, 0.15) is 5.75 Å². The van der Waals surface area contributed by atoms with Crippen LogP contribution in [0.25, 0.3) is 6.08 Å². The van der Waals surface area contributed by atoms with Gasteiger partial charge in [-0.3, -0.25) is 0 Å². The lowest BCUT2D eigenvalue weighted by molar-refractivity contribution is 0.290. The van der Waals surface area contributed by atoms with Crippen molar-refractivity contribution in [2.24, 2.45) is 0 Å². The molecule has 0 aliphatic rings. The molecule has 0 radical (unpaired) electrons. The van der Waals surface area contributed by atoms with Gasteiger partial charge in [0.2, 0.25) is 0 Å². The molecule has 122 valence electrons. The van der Waals surface area contributed by atoms with Gasteiger partial charge in [-0.15, -0.1) is 0 Å². The van der Waals surface area contributed by atoms with Crippen molar-refractivity contribution >= 4 is 11.8 Å². The predicted molar refractivity (Wildman–Crippen MR) is 94.2 cm³/mol. The highest BCUT2D eigenvalue weighted by molar-refractivity contribution is 5.52. The van der Waals surface area contributed by atoms with Gasteiger partial charge >= 0.3 is 0 Å². The molecule has 0 bridgehead atoms. The molecule has 0 aromatic heterocycles. The van der Waals surface area contributed by atoms with Gasteiger partial charge in [-0.2, -0.15) is 0 Å². The Kier molecular flexibility index (Phi) is 6.36. The van der Waals surface area contributed by atoms with E-state index in [9.17, 15) is 0 Å². The van der Waals surface area contributed by atoms with Gasteiger partial charge in [0, 0.05) is 11.8 Å². The summed E-state index contributed by atoms with van der Waals surface area (Å²) >= 11 is 0. The van der Waals surface area contributed by atoms with E-state index in [-0.39, 0.29) is 0 Å². The van der Waals surface area contributed by atoms with E-state index in [4.69, 9.17) is 19.9 Å². The molecule has 2 rings (SSSR count). The van der Waals surface area contributed by atoms with Gasteiger partial charge in [0.15, 0.2) is 11.5 Å². The van der Waals surface area contributed by atoms with E-state index in [0.717, 1.165) is 29.9 Å². The van der Waals surface area contributed by atoms with Crippen molar-refractivity contribution in [2.45, 2.75) is 12.8 Å². The number of nitrogens with two attached hydrogens (primary N) is 1. The summed E-state index contributed by atoms with van der Waals surface area (Å²) in [7, 11) is 3.28. The number of rotatable bonds is 8. The number of allylic oxidation sites excluding steroid dienone is 1. The van der Waals surface area contributed by atoms with Crippen LogP contribution in [0, 0.1) is 0 Å². The summed E-state index contributed by atoms with van der Waals surface area (Å²) in [5.74, 6) is 2.26. The number of anilines is 1. The maximum atomic E-state index is 5.73. The van der Waals surface area contributed by atoms with E-state index in [1.54, 1.807) is 26.4 Å². The number of hydrogen-bond acceptors (Lipinski definition) is 4. The van der Waals surface area contributed by atoms with Gasteiger partial charge in [0.05, 0.1) is 20.8 Å². The summed E-state index contributed by atoms with van der Waals surface area (Å²) in [5, 5.41) is 0. The minimum atomic E-state index is 0.632. The average Bonchev–Trinajstić information content (AvgIpc) is 2.59. The van der Waals surface area contributed by atoms with Gasteiger partial charge in [-0.25, -0.2) is 0 Å². The first-order valence-electron chi connectivity index (χ1n) is 7.60. The number of methoxy groups -OCH3 is 2. The normalized spacial score (nSPS) is 10.7. The summed E-state index contributed by atoms with van der Waals surface area (Å²) in [4.78, 5) is 0. The second-order valence-corrected chi connectivity index (χ2v) is 5.08. The second-order valence-electron chi connectivity index (χ2n) is 5.08. The molecule has 2 N–H and O–H groups in total. The first-order chi connectivity index (χ1) is 11.2. The highest BCUT2D eigenvalue weighted by Crippen LogP contribution is 2.29. The van der Waals surface area contributed by atoms with Crippen molar-refractivity contribution in [3.63, 3.8) is 0 Å². The Balaban J connectivity index is 1.74. The Morgan fingerprint density at radius 2 is 1.74 bits per heavy atom. The fourth-order valence-corrected chi connectivity index (χ4v) is 2.12. The van der Waals surface area contributed by atoms with Crippen molar-refractivity contribution in [3.8, 4) is 17.2 Å². The van der Waals surface area contributed by atoms with Crippen molar-refractivity contribution in [2.75, 3.05) is 26.6 Å². The molecule has 0 saturated heterocycles. The molecule has 0 saturated carbocycles. The van der Waals surface area contributed by atoms with Crippen molar-refractivity contribution in [3.05, 3.63) is 54.1 Å². The Hall–Kier alpha value is -2.62. The fourth-order valence-electron chi connectivity index (χ4n) is 2.12. The number of hydrogen-bond donors (Lipinski definition) is 1. The summed E-state index contributed by atoms with van der Waals surface area (Å²) in [6.07, 6.45) is 6.12. The molecule has 2 aromatic rings. The lowest BCUT2D eigenvalue weighted by atomic mass is 10.2. The van der Waals surface area contributed by atoms with Crippen molar-refractivity contribution < 1.29 is 14.2 Å². The van der Waals surface area contributed by atoms with Crippen LogP contribution in [0.2, 0.25) is 0 Å². The Morgan fingerprint density at radius 3 is 2.43 bits per heavy atom. The van der Waals surface area contributed by atoms with E-state index in [1.165, 1.54) is 0 Å². The fraction of sp³-hybridized carbons (Fsp3) is 0.263. The standard InChI is InChI=1S/C19H23NO3/c1-21-17-10-7-15(8-11-17)6-4-3-5-13-23-18-12-9-16(20)14-19(18)22-2/h4,6-12,14H,3,5,13,20H2,1-2H3/b6-4-. The van der Waals surface area contributed by atoms with Crippen LogP contribution in [-0.2, 0) is 0 Å². The molecule has 4 nitrogen and oxygen atoms in total. The summed E-state index contributed by atoms with van der Waals surface area (Å²) in [6.45, 7) is 0.632. The predicted octanol–water partition coefficient (Wildman–Crippen LogP) is 4.16. The maximum Gasteiger partial charge on any atom is 0.162 e. The quantitative estimate of drug-likeness (QED) is 0.587. The van der Waals surface area contributed by atoms with Gasteiger partial charge < -0.3 is 19.9 Å². The molecule has 0 fully saturated rings. The largest absolute Gasteiger partial charge is 0.497 e. The van der Waals surface area contributed by atoms with Crippen LogP contribution in [0.5, 0.6) is 17.2 Å². The van der Waals surface area contributed by atoms with E-state index in [1.807, 2.05) is 30.3 Å². The van der Waals surface area contributed by atoms with Crippen molar-refractivity contribution in [1.29, 1.82) is 0 Å². The summed E-state index contributed by atoms with van der Waals surface area (Å²) in [6, 6.07) is 13.4. The Morgan fingerprint density at radius 1 is 0.957 bits per heavy atom. The molecule has 0 aliphatic heterocycles. The second kappa shape index (κ2) is 8.73. The summed E-state index contributed by atoms with van der Waals surface area (Å²) < 4.78 is 16.1. The molecular weight excluding hydrogens is 290 g/mol. The van der Waals surface area contributed by atoms with E-state index >= 15 is 0 Å². The number of unbranched alkanes of at least 4 members (excludes halogenated alkanes) is 1. The maximum absolute atomic E-state index is 5.73. The number of ether oxygens (including phenoxy) is 3. The highest BCUT2D eigenvalue weighted by Gasteiger charge is 2.03. The van der Waals surface area contributed by atoms with Gasteiger partial charge in [0.25, 0.3) is 0 Å². The SMILES string of the molecule is COc1ccc(/C=C\CCCOc2ccc(N)cc2OC)cc1. The van der Waals surface area contributed by atoms with Gasteiger partial charge in [-0.1, -0.05) is 24.3 Å². The molecule has 0 unspecified atom stereocenters. The average molecular weight is 313 g/mol. The summed E-state index contributed by atoms with van der Waals surface area (Å²) in [5.41, 5.74) is 7.54. The third-order valence-corrected chi connectivity index (χ3v) is 3.39. The van der Waals surface area contributed by atoms with E-state index in [2.05, 4.69) is 12.2 Å². The number of benzene rings is 2. The smallest absolute Gasteiger partial charge is 0.162 e. The minimum Gasteiger partial charge on any atom is -0.497 e. The minimum absolute atomic E-state index is 0.632. The molecule has 0 spiro atoms. The molecule has 0 atom stereocenters. The third kappa shape index (κ3) is 5.25. The molecular formula is C19H23NO3. The lowest BCUT2D eigenvalue weighted by Crippen LogP contribution is -1.99.